The zero-order chi connectivity index (χ0) is 16.4. The Morgan fingerprint density at radius 3 is 2.83 bits per heavy atom. The Morgan fingerprint density at radius 2 is 2.13 bits per heavy atom. The summed E-state index contributed by atoms with van der Waals surface area (Å²) in [6.07, 6.45) is 0. The van der Waals surface area contributed by atoms with Crippen molar-refractivity contribution in [2.45, 2.75) is 19.6 Å². The number of carbonyl (C=O) groups excluding carboxylic acids is 1. The van der Waals surface area contributed by atoms with Crippen LogP contribution in [0.15, 0.2) is 24.3 Å². The number of fused-ring (bicyclic) bond motifs is 1. The predicted molar refractivity (Wildman–Crippen MR) is 95.8 cm³/mol. The average molecular weight is 334 g/mol. The quantitative estimate of drug-likeness (QED) is 0.807. The summed E-state index contributed by atoms with van der Waals surface area (Å²) in [5.74, 6) is 3.31. The molecule has 0 bridgehead atoms. The van der Waals surface area contributed by atoms with Crippen molar-refractivity contribution in [3.63, 3.8) is 0 Å². The monoisotopic (exact) mass is 334 g/mol. The van der Waals surface area contributed by atoms with Gasteiger partial charge in [0.2, 0.25) is 0 Å². The Morgan fingerprint density at radius 1 is 1.39 bits per heavy atom. The van der Waals surface area contributed by atoms with Gasteiger partial charge in [0.05, 0.1) is 6.61 Å². The van der Waals surface area contributed by atoms with Gasteiger partial charge >= 0.3 is 6.03 Å². The lowest BCUT2D eigenvalue weighted by Gasteiger charge is -2.22. The number of urea groups is 1. The Bertz CT molecular complexity index is 562. The topological polar surface area (TPSA) is 41.6 Å². The summed E-state index contributed by atoms with van der Waals surface area (Å²) < 4.78 is 5.06. The molecular formula is C18H26N2O2S. The molecule has 5 heteroatoms. The van der Waals surface area contributed by atoms with Crippen LogP contribution in [-0.2, 0) is 10.5 Å². The van der Waals surface area contributed by atoms with Crippen LogP contribution in [0.3, 0.4) is 0 Å². The predicted octanol–water partition coefficient (Wildman–Crippen LogP) is 3.69. The molecular weight excluding hydrogens is 308 g/mol. The molecule has 0 spiro atoms. The fourth-order valence-corrected chi connectivity index (χ4v) is 4.42. The molecule has 126 valence electrons. The minimum atomic E-state index is 0.0391. The lowest BCUT2D eigenvalue weighted by molar-refractivity contribution is 0.209. The summed E-state index contributed by atoms with van der Waals surface area (Å²) in [5, 5.41) is 3.05. The highest BCUT2D eigenvalue weighted by molar-refractivity contribution is 7.98. The van der Waals surface area contributed by atoms with Gasteiger partial charge in [0.25, 0.3) is 0 Å². The van der Waals surface area contributed by atoms with Crippen LogP contribution >= 0.6 is 11.8 Å². The first-order valence-electron chi connectivity index (χ1n) is 8.24. The van der Waals surface area contributed by atoms with E-state index in [9.17, 15) is 4.79 Å². The molecule has 1 heterocycles. The SMILES string of the molecule is COCCSCc1cccc(NC(=O)N2C[C@H]3[C@H](C2)C3(C)C)c1. The number of hydrogen-bond donors (Lipinski definition) is 1. The molecule has 1 aliphatic carbocycles. The molecule has 23 heavy (non-hydrogen) atoms. The van der Waals surface area contributed by atoms with E-state index in [-0.39, 0.29) is 6.03 Å². The Kier molecular flexibility index (Phi) is 4.87. The number of piperidine rings is 1. The third-order valence-electron chi connectivity index (χ3n) is 5.29. The number of thioether (sulfide) groups is 1. The van der Waals surface area contributed by atoms with Crippen LogP contribution in [0.1, 0.15) is 19.4 Å². The molecule has 2 amide bonds. The standard InChI is InChI=1S/C18H26N2O2S/c1-18(2)15-10-20(11-16(15)18)17(21)19-14-6-4-5-13(9-14)12-23-8-7-22-3/h4-6,9,15-16H,7-8,10-12H2,1-3H3,(H,19,21)/t15-,16-/m0/s1. The first-order valence-corrected chi connectivity index (χ1v) is 9.39. The summed E-state index contributed by atoms with van der Waals surface area (Å²) in [6.45, 7) is 7.19. The minimum Gasteiger partial charge on any atom is -0.384 e. The Balaban J connectivity index is 1.49. The van der Waals surface area contributed by atoms with E-state index in [1.165, 1.54) is 5.56 Å². The minimum absolute atomic E-state index is 0.0391. The van der Waals surface area contributed by atoms with E-state index >= 15 is 0 Å². The number of methoxy groups -OCH3 is 1. The third kappa shape index (κ3) is 3.66. The maximum atomic E-state index is 12.4. The van der Waals surface area contributed by atoms with Gasteiger partial charge in [-0.1, -0.05) is 26.0 Å². The van der Waals surface area contributed by atoms with E-state index in [0.717, 1.165) is 36.9 Å². The van der Waals surface area contributed by atoms with E-state index in [1.807, 2.05) is 28.8 Å². The molecule has 4 nitrogen and oxygen atoms in total. The van der Waals surface area contributed by atoms with E-state index < -0.39 is 0 Å². The normalized spacial score (nSPS) is 24.4. The molecule has 1 aliphatic heterocycles. The molecule has 2 atom stereocenters. The van der Waals surface area contributed by atoms with Gasteiger partial charge in [-0.2, -0.15) is 11.8 Å². The molecule has 3 rings (SSSR count). The van der Waals surface area contributed by atoms with Crippen molar-refractivity contribution in [2.24, 2.45) is 17.3 Å². The maximum absolute atomic E-state index is 12.4. The number of amides is 2. The fraction of sp³-hybridized carbons (Fsp3) is 0.611. The van der Waals surface area contributed by atoms with Crippen LogP contribution in [0.25, 0.3) is 0 Å². The van der Waals surface area contributed by atoms with Gasteiger partial charge in [0.15, 0.2) is 0 Å². The zero-order valence-electron chi connectivity index (χ0n) is 14.2. The number of anilines is 1. The maximum Gasteiger partial charge on any atom is 0.321 e. The van der Waals surface area contributed by atoms with Crippen LogP contribution < -0.4 is 5.32 Å². The molecule has 1 aromatic rings. The van der Waals surface area contributed by atoms with Gasteiger partial charge in [-0.25, -0.2) is 4.79 Å². The van der Waals surface area contributed by atoms with E-state index in [2.05, 4.69) is 31.3 Å². The zero-order valence-corrected chi connectivity index (χ0v) is 15.0. The summed E-state index contributed by atoms with van der Waals surface area (Å²) in [5.41, 5.74) is 2.56. The second-order valence-electron chi connectivity index (χ2n) is 7.12. The van der Waals surface area contributed by atoms with Crippen LogP contribution in [0.4, 0.5) is 10.5 Å². The fourth-order valence-electron chi connectivity index (χ4n) is 3.57. The van der Waals surface area contributed by atoms with Crippen molar-refractivity contribution < 1.29 is 9.53 Å². The largest absolute Gasteiger partial charge is 0.384 e. The van der Waals surface area contributed by atoms with Crippen LogP contribution in [0.5, 0.6) is 0 Å². The van der Waals surface area contributed by atoms with E-state index in [0.29, 0.717) is 17.3 Å². The van der Waals surface area contributed by atoms with Gasteiger partial charge in [-0.15, -0.1) is 0 Å². The molecule has 1 N–H and O–H groups in total. The second kappa shape index (κ2) is 6.73. The van der Waals surface area contributed by atoms with Crippen molar-refractivity contribution in [3.8, 4) is 0 Å². The number of nitrogens with one attached hydrogen (secondary N) is 1. The number of benzene rings is 1. The van der Waals surface area contributed by atoms with Crippen molar-refractivity contribution in [1.29, 1.82) is 0 Å². The number of carbonyl (C=O) groups is 1. The number of nitrogens with zero attached hydrogens (tertiary/aromatic N) is 1. The number of rotatable bonds is 6. The lowest BCUT2D eigenvalue weighted by atomic mass is 10.1. The lowest BCUT2D eigenvalue weighted by Crippen LogP contribution is -2.36. The van der Waals surface area contributed by atoms with E-state index in [1.54, 1.807) is 7.11 Å². The molecule has 1 saturated heterocycles. The van der Waals surface area contributed by atoms with Crippen molar-refractivity contribution in [1.82, 2.24) is 4.90 Å². The average Bonchev–Trinajstić information content (AvgIpc) is 2.91. The van der Waals surface area contributed by atoms with Gasteiger partial charge in [0, 0.05) is 37.4 Å². The molecule has 0 aromatic heterocycles. The van der Waals surface area contributed by atoms with Crippen LogP contribution in [0, 0.1) is 17.3 Å². The van der Waals surface area contributed by atoms with Crippen molar-refractivity contribution in [2.75, 3.05) is 37.9 Å². The van der Waals surface area contributed by atoms with Crippen LogP contribution in [-0.4, -0.2) is 43.5 Å². The highest BCUT2D eigenvalue weighted by atomic mass is 32.2. The number of ether oxygens (including phenoxy) is 1. The van der Waals surface area contributed by atoms with Crippen LogP contribution in [0.2, 0.25) is 0 Å². The Hall–Kier alpha value is -1.20. The molecule has 1 saturated carbocycles. The Labute approximate surface area is 143 Å². The highest BCUT2D eigenvalue weighted by Crippen LogP contribution is 2.61. The van der Waals surface area contributed by atoms with E-state index in [4.69, 9.17) is 4.74 Å². The van der Waals surface area contributed by atoms with Crippen molar-refractivity contribution in [3.05, 3.63) is 29.8 Å². The number of hydrogen-bond acceptors (Lipinski definition) is 3. The smallest absolute Gasteiger partial charge is 0.321 e. The molecule has 2 fully saturated rings. The molecule has 0 unspecified atom stereocenters. The number of likely N-dealkylation sites (tertiary alicyclic amines) is 1. The second-order valence-corrected chi connectivity index (χ2v) is 8.22. The first-order chi connectivity index (χ1) is 11.0. The third-order valence-corrected chi connectivity index (χ3v) is 6.28. The van der Waals surface area contributed by atoms with Gasteiger partial charge in [0.1, 0.15) is 0 Å². The first kappa shape index (κ1) is 16.7. The summed E-state index contributed by atoms with van der Waals surface area (Å²) in [6, 6.07) is 8.17. The summed E-state index contributed by atoms with van der Waals surface area (Å²) >= 11 is 1.84. The highest BCUT2D eigenvalue weighted by Gasteiger charge is 2.62. The van der Waals surface area contributed by atoms with Gasteiger partial charge in [-0.3, -0.25) is 0 Å². The summed E-state index contributed by atoms with van der Waals surface area (Å²) in [7, 11) is 1.72. The molecule has 1 aromatic carbocycles. The molecule has 2 aliphatic rings. The molecule has 0 radical (unpaired) electrons. The van der Waals surface area contributed by atoms with Crippen molar-refractivity contribution >= 4 is 23.5 Å². The van der Waals surface area contributed by atoms with Gasteiger partial charge in [-0.05, 0) is 34.9 Å². The van der Waals surface area contributed by atoms with Gasteiger partial charge < -0.3 is 15.0 Å². The summed E-state index contributed by atoms with van der Waals surface area (Å²) in [4.78, 5) is 14.4.